The summed E-state index contributed by atoms with van der Waals surface area (Å²) in [7, 11) is 0. The van der Waals surface area contributed by atoms with Gasteiger partial charge in [0.1, 0.15) is 11.8 Å². The fourth-order valence-corrected chi connectivity index (χ4v) is 9.62. The van der Waals surface area contributed by atoms with Crippen LogP contribution in [0.15, 0.2) is 11.8 Å². The second-order valence-electron chi connectivity index (χ2n) is 15.8. The van der Waals surface area contributed by atoms with Crippen molar-refractivity contribution in [3.8, 4) is 0 Å². The van der Waals surface area contributed by atoms with Crippen molar-refractivity contribution < 1.29 is 33.0 Å². The molecule has 11 atom stereocenters. The van der Waals surface area contributed by atoms with Gasteiger partial charge in [-0.05, 0) is 58.3 Å². The summed E-state index contributed by atoms with van der Waals surface area (Å²) in [5.41, 5.74) is -0.687. The first-order valence-corrected chi connectivity index (χ1v) is 17.8. The molecule has 47 heavy (non-hydrogen) atoms. The highest BCUT2D eigenvalue weighted by molar-refractivity contribution is 6.23. The molecule has 0 aromatic heterocycles. The van der Waals surface area contributed by atoms with Crippen LogP contribution >= 0.6 is 0 Å². The van der Waals surface area contributed by atoms with Crippen LogP contribution in [0.1, 0.15) is 72.1 Å². The molecule has 7 rings (SSSR count). The van der Waals surface area contributed by atoms with E-state index in [0.717, 1.165) is 19.4 Å². The Morgan fingerprint density at radius 2 is 1.81 bits per heavy atom. The van der Waals surface area contributed by atoms with Gasteiger partial charge >= 0.3 is 6.09 Å². The van der Waals surface area contributed by atoms with E-state index in [2.05, 4.69) is 31.1 Å². The average molecular weight is 659 g/mol. The number of Topliss-reactive ketones (excluding diaryl/α,β-unsaturated/α-hetero) is 1. The lowest BCUT2D eigenvalue weighted by Gasteiger charge is -2.61. The van der Waals surface area contributed by atoms with Crippen LogP contribution in [0.4, 0.5) is 9.18 Å². The van der Waals surface area contributed by atoms with Gasteiger partial charge in [-0.3, -0.25) is 24.6 Å². The molecule has 3 aliphatic carbocycles. The van der Waals surface area contributed by atoms with E-state index in [0.29, 0.717) is 44.4 Å². The molecule has 0 radical (unpaired) electrons. The molecule has 0 aromatic rings. The number of piperazine rings is 1. The maximum Gasteiger partial charge on any atom is 0.407 e. The Balaban J connectivity index is 1.15. The number of alkyl carbamates (subject to hydrolysis) is 1. The lowest BCUT2D eigenvalue weighted by Crippen LogP contribution is -2.73. The van der Waals surface area contributed by atoms with Gasteiger partial charge in [0, 0.05) is 50.9 Å². The van der Waals surface area contributed by atoms with Gasteiger partial charge in [0.15, 0.2) is 5.78 Å². The Morgan fingerprint density at radius 3 is 2.53 bits per heavy atom. The molecule has 12 nitrogen and oxygen atoms in total. The number of imide groups is 1. The fourth-order valence-electron chi connectivity index (χ4n) is 9.62. The van der Waals surface area contributed by atoms with Crippen LogP contribution in [0.5, 0.6) is 0 Å². The fraction of sp³-hybridized carbons (Fsp3) is 0.824. The van der Waals surface area contributed by atoms with Gasteiger partial charge in [-0.2, -0.15) is 0 Å². The minimum atomic E-state index is -1.36. The van der Waals surface area contributed by atoms with Crippen LogP contribution < -0.4 is 21.3 Å². The Bertz CT molecular complexity index is 1280. The van der Waals surface area contributed by atoms with E-state index >= 15 is 4.39 Å². The molecule has 0 bridgehead atoms. The van der Waals surface area contributed by atoms with Gasteiger partial charge in [0.2, 0.25) is 5.91 Å². The summed E-state index contributed by atoms with van der Waals surface area (Å²) in [6, 6.07) is -1.77. The highest BCUT2D eigenvalue weighted by atomic mass is 19.1. The second kappa shape index (κ2) is 13.0. The van der Waals surface area contributed by atoms with Crippen LogP contribution in [0, 0.1) is 17.8 Å². The van der Waals surface area contributed by atoms with Crippen molar-refractivity contribution in [3.63, 3.8) is 0 Å². The molecule has 3 saturated carbocycles. The third-order valence-corrected chi connectivity index (χ3v) is 11.7. The highest BCUT2D eigenvalue weighted by Gasteiger charge is 2.61. The van der Waals surface area contributed by atoms with Crippen molar-refractivity contribution >= 4 is 23.7 Å². The minimum absolute atomic E-state index is 0.0223. The van der Waals surface area contributed by atoms with Crippen LogP contribution in [-0.2, 0) is 23.9 Å². The first-order valence-electron chi connectivity index (χ1n) is 17.8. The van der Waals surface area contributed by atoms with E-state index in [1.54, 1.807) is 6.20 Å². The van der Waals surface area contributed by atoms with Crippen LogP contribution in [0.2, 0.25) is 0 Å². The van der Waals surface area contributed by atoms with E-state index in [-0.39, 0.29) is 30.2 Å². The van der Waals surface area contributed by atoms with Crippen LogP contribution in [0.25, 0.3) is 0 Å². The number of ketones is 1. The molecule has 4 aliphatic heterocycles. The second-order valence-corrected chi connectivity index (χ2v) is 15.8. The minimum Gasteiger partial charge on any atom is -0.444 e. The summed E-state index contributed by atoms with van der Waals surface area (Å²) in [5.74, 6) is -1.26. The third kappa shape index (κ3) is 6.57. The molecular weight excluding hydrogens is 607 g/mol. The number of alkyl halides is 1. The Morgan fingerprint density at radius 1 is 1.04 bits per heavy atom. The molecule has 13 heteroatoms. The monoisotopic (exact) mass is 658 g/mol. The normalized spacial score (nSPS) is 40.3. The number of carbonyl (C=O) groups excluding carboxylic acids is 4. The number of halogens is 1. The number of likely N-dealkylation sites (tertiary alicyclic amines) is 1. The quantitative estimate of drug-likeness (QED) is 0.259. The SMILES string of the molecule is CC(C)(C)OC(=O)NC1CCN(C2C(F)CC3C(=O)C(C(=O)NC(=O)C4CNCCN4)=CN4C5CC6CCCCC6CC5OC2C34)C1. The predicted octanol–water partition coefficient (Wildman–Crippen LogP) is 1.39. The lowest BCUT2D eigenvalue weighted by molar-refractivity contribution is -0.219. The predicted molar refractivity (Wildman–Crippen MR) is 170 cm³/mol. The zero-order valence-electron chi connectivity index (χ0n) is 27.8. The topological polar surface area (TPSA) is 141 Å². The van der Waals surface area contributed by atoms with E-state index in [1.165, 1.54) is 25.7 Å². The summed E-state index contributed by atoms with van der Waals surface area (Å²) in [6.45, 7) is 8.23. The zero-order chi connectivity index (χ0) is 33.0. The molecule has 3 amide bonds. The maximum absolute atomic E-state index is 16.5. The summed E-state index contributed by atoms with van der Waals surface area (Å²) >= 11 is 0. The van der Waals surface area contributed by atoms with Gasteiger partial charge in [0.25, 0.3) is 5.91 Å². The van der Waals surface area contributed by atoms with Crippen molar-refractivity contribution in [1.82, 2.24) is 31.1 Å². The van der Waals surface area contributed by atoms with Gasteiger partial charge < -0.3 is 30.3 Å². The van der Waals surface area contributed by atoms with Crippen molar-refractivity contribution in [1.29, 1.82) is 0 Å². The van der Waals surface area contributed by atoms with Gasteiger partial charge in [-0.25, -0.2) is 9.18 Å². The average Bonchev–Trinajstić information content (AvgIpc) is 3.48. The largest absolute Gasteiger partial charge is 0.444 e. The van der Waals surface area contributed by atoms with Crippen molar-refractivity contribution in [2.45, 2.75) is 126 Å². The van der Waals surface area contributed by atoms with E-state index in [1.807, 2.05) is 20.8 Å². The smallest absolute Gasteiger partial charge is 0.407 e. The van der Waals surface area contributed by atoms with Gasteiger partial charge in [0.05, 0.1) is 41.9 Å². The number of fused-ring (bicyclic) bond motifs is 3. The van der Waals surface area contributed by atoms with Crippen molar-refractivity contribution in [3.05, 3.63) is 11.8 Å². The van der Waals surface area contributed by atoms with E-state index in [9.17, 15) is 19.2 Å². The Hall–Kier alpha value is -2.61. The summed E-state index contributed by atoms with van der Waals surface area (Å²) in [6.07, 6.45) is 6.30. The number of nitrogens with zero attached hydrogens (tertiary/aromatic N) is 2. The first-order chi connectivity index (χ1) is 22.5. The van der Waals surface area contributed by atoms with Gasteiger partial charge in [-0.1, -0.05) is 25.7 Å². The Labute approximate surface area is 276 Å². The number of carbonyl (C=O) groups is 4. The molecule has 11 unspecified atom stereocenters. The van der Waals surface area contributed by atoms with Crippen LogP contribution in [-0.4, -0.2) is 120 Å². The molecule has 0 spiro atoms. The van der Waals surface area contributed by atoms with E-state index < -0.39 is 65.6 Å². The summed E-state index contributed by atoms with van der Waals surface area (Å²) in [5, 5.41) is 11.7. The first kappa shape index (κ1) is 32.9. The number of nitrogens with one attached hydrogen (secondary N) is 4. The molecule has 0 aromatic carbocycles. The summed E-state index contributed by atoms with van der Waals surface area (Å²) < 4.78 is 28.9. The standard InChI is InChI=1S/C34H51FN6O6/c1-34(2,3)47-33(45)38-20-8-11-40(16-20)28-23(35)14-21-27-30(28)46-26-13-19-7-5-4-6-18(19)12-25(26)41(27)17-22(29(21)42)31(43)39-32(44)24-15-36-9-10-37-24/h17-21,23-28,30,36-37H,4-16H2,1-3H3,(H,38,45)(H,39,43,44). The number of ether oxygens (including phenoxy) is 2. The molecule has 6 fully saturated rings. The molecule has 260 valence electrons. The Kier molecular flexibility index (Phi) is 9.12. The number of rotatable bonds is 4. The number of amides is 3. The zero-order valence-corrected chi connectivity index (χ0v) is 27.8. The maximum atomic E-state index is 16.5. The number of hydrogen-bond acceptors (Lipinski definition) is 10. The van der Waals surface area contributed by atoms with Crippen molar-refractivity contribution in [2.24, 2.45) is 17.8 Å². The van der Waals surface area contributed by atoms with E-state index in [4.69, 9.17) is 9.47 Å². The number of morpholine rings is 1. The third-order valence-electron chi connectivity index (χ3n) is 11.7. The molecule has 4 heterocycles. The molecule has 4 N–H and O–H groups in total. The van der Waals surface area contributed by atoms with Crippen LogP contribution in [0.3, 0.4) is 0 Å². The van der Waals surface area contributed by atoms with Crippen molar-refractivity contribution in [2.75, 3.05) is 32.7 Å². The summed E-state index contributed by atoms with van der Waals surface area (Å²) in [4.78, 5) is 57.3. The molecular formula is C34H51FN6O6. The number of hydrogen-bond donors (Lipinski definition) is 4. The molecule has 3 saturated heterocycles. The molecule has 7 aliphatic rings. The lowest BCUT2D eigenvalue weighted by atomic mass is 9.64. The van der Waals surface area contributed by atoms with Gasteiger partial charge in [-0.15, -0.1) is 0 Å². The highest BCUT2D eigenvalue weighted by Crippen LogP contribution is 2.51.